The quantitative estimate of drug-likeness (QED) is 0.0447. The molecule has 53 heavy (non-hydrogen) atoms. The molecule has 2 aromatic carbocycles. The second kappa shape index (κ2) is 23.4. The molecule has 0 atom stereocenters. The Morgan fingerprint density at radius 2 is 1.06 bits per heavy atom. The maximum atomic E-state index is 13.3. The number of ketones is 2. The van der Waals surface area contributed by atoms with Gasteiger partial charge in [0.05, 0.1) is 35.7 Å². The average Bonchev–Trinajstić information content (AvgIpc) is 3.15. The summed E-state index contributed by atoms with van der Waals surface area (Å²) in [5.74, 6) is -0.0762. The molecule has 0 unspecified atom stereocenters. The number of carbonyl (C=O) groups excluding carboxylic acids is 4. The Morgan fingerprint density at radius 1 is 0.642 bits per heavy atom. The Hall–Kier alpha value is -3.44. The molecule has 1 aliphatic carbocycles. The number of Topliss-reactive ketones (excluding diaryl/α,β-unsaturated/α-hetero) is 1. The molecule has 0 heterocycles. The van der Waals surface area contributed by atoms with Crippen LogP contribution in [0.5, 0.6) is 11.5 Å². The summed E-state index contributed by atoms with van der Waals surface area (Å²) in [6.45, 7) is 7.52. The number of hydrogen-bond acceptors (Lipinski definition) is 10. The molecular formula is C39H48Cl4N2O8. The van der Waals surface area contributed by atoms with Crippen molar-refractivity contribution in [2.45, 2.75) is 46.5 Å². The van der Waals surface area contributed by atoms with Crippen molar-refractivity contribution in [2.75, 3.05) is 85.9 Å². The van der Waals surface area contributed by atoms with Gasteiger partial charge >= 0.3 is 11.9 Å². The minimum absolute atomic E-state index is 0.0701. The number of ether oxygens (including phenoxy) is 4. The molecular weight excluding hydrogens is 766 g/mol. The Balaban J connectivity index is 1.84. The van der Waals surface area contributed by atoms with Gasteiger partial charge in [-0.3, -0.25) is 9.59 Å². The fraction of sp³-hybridized carbons (Fsp3) is 0.487. The van der Waals surface area contributed by atoms with Gasteiger partial charge in [-0.25, -0.2) is 9.59 Å². The molecule has 0 bridgehead atoms. The average molecular weight is 815 g/mol. The zero-order chi connectivity index (χ0) is 38.8. The highest BCUT2D eigenvalue weighted by molar-refractivity contribution is 6.23. The highest BCUT2D eigenvalue weighted by Gasteiger charge is 2.29. The fourth-order valence-corrected chi connectivity index (χ4v) is 6.24. The van der Waals surface area contributed by atoms with Crippen LogP contribution in [0.1, 0.15) is 67.2 Å². The molecule has 0 aromatic heterocycles. The van der Waals surface area contributed by atoms with Gasteiger partial charge in [0.25, 0.3) is 0 Å². The van der Waals surface area contributed by atoms with Gasteiger partial charge in [0.2, 0.25) is 0 Å². The maximum Gasteiger partial charge on any atom is 0.338 e. The number of esters is 2. The molecule has 0 radical (unpaired) electrons. The molecule has 0 saturated carbocycles. The molecule has 2 aromatic rings. The lowest BCUT2D eigenvalue weighted by Gasteiger charge is -2.26. The Bertz CT molecular complexity index is 1620. The first kappa shape index (κ1) is 44.0. The highest BCUT2D eigenvalue weighted by atomic mass is 35.5. The van der Waals surface area contributed by atoms with E-state index < -0.39 is 36.7 Å². The minimum Gasteiger partial charge on any atom is -0.491 e. The van der Waals surface area contributed by atoms with Gasteiger partial charge in [0.1, 0.15) is 24.7 Å². The van der Waals surface area contributed by atoms with Crippen molar-refractivity contribution in [3.63, 3.8) is 0 Å². The number of hydrogen-bond donors (Lipinski definition) is 0. The SMILES string of the molecule is CCCCOc1cc(C(=O)OCC2=C(COC(=O)c3ccc(N(CCCl)CCCl)c(OCCCC)c3)C(=O)C(C)=CC2=O)ccc1N(CCCl)CCCl. The third-order valence-electron chi connectivity index (χ3n) is 8.34. The van der Waals surface area contributed by atoms with Crippen molar-refractivity contribution >= 4 is 81.3 Å². The monoisotopic (exact) mass is 812 g/mol. The first-order valence-electron chi connectivity index (χ1n) is 17.7. The lowest BCUT2D eigenvalue weighted by molar-refractivity contribution is -0.116. The van der Waals surface area contributed by atoms with Gasteiger partial charge in [-0.2, -0.15) is 0 Å². The van der Waals surface area contributed by atoms with Crippen molar-refractivity contribution in [2.24, 2.45) is 0 Å². The summed E-state index contributed by atoms with van der Waals surface area (Å²) >= 11 is 24.1. The van der Waals surface area contributed by atoms with E-state index in [0.717, 1.165) is 37.1 Å². The van der Waals surface area contributed by atoms with E-state index in [1.54, 1.807) is 36.4 Å². The fourth-order valence-electron chi connectivity index (χ4n) is 5.43. The Morgan fingerprint density at radius 3 is 1.45 bits per heavy atom. The van der Waals surface area contributed by atoms with E-state index in [0.29, 0.717) is 74.4 Å². The third-order valence-corrected chi connectivity index (χ3v) is 9.01. The van der Waals surface area contributed by atoms with Crippen LogP contribution in [0, 0.1) is 0 Å². The molecule has 3 rings (SSSR count). The van der Waals surface area contributed by atoms with Crippen LogP contribution in [0.3, 0.4) is 0 Å². The van der Waals surface area contributed by atoms with E-state index in [1.165, 1.54) is 13.0 Å². The number of halogens is 4. The molecule has 0 spiro atoms. The summed E-state index contributed by atoms with van der Waals surface area (Å²) in [7, 11) is 0. The van der Waals surface area contributed by atoms with Crippen molar-refractivity contribution < 1.29 is 38.1 Å². The van der Waals surface area contributed by atoms with E-state index in [9.17, 15) is 19.2 Å². The number of rotatable bonds is 24. The lowest BCUT2D eigenvalue weighted by Crippen LogP contribution is -2.28. The molecule has 0 saturated heterocycles. The van der Waals surface area contributed by atoms with Crippen LogP contribution in [0.25, 0.3) is 0 Å². The van der Waals surface area contributed by atoms with Crippen molar-refractivity contribution in [1.82, 2.24) is 0 Å². The number of benzene rings is 2. The van der Waals surface area contributed by atoms with E-state index in [2.05, 4.69) is 0 Å². The number of carbonyl (C=O) groups is 4. The van der Waals surface area contributed by atoms with E-state index >= 15 is 0 Å². The van der Waals surface area contributed by atoms with Gasteiger partial charge in [0.15, 0.2) is 11.6 Å². The molecule has 290 valence electrons. The molecule has 0 N–H and O–H groups in total. The number of alkyl halides is 4. The summed E-state index contributed by atoms with van der Waals surface area (Å²) in [5, 5.41) is 0. The van der Waals surface area contributed by atoms with Crippen molar-refractivity contribution in [1.29, 1.82) is 0 Å². The molecule has 14 heteroatoms. The zero-order valence-electron chi connectivity index (χ0n) is 30.5. The van der Waals surface area contributed by atoms with Crippen LogP contribution < -0.4 is 19.3 Å². The van der Waals surface area contributed by atoms with Crippen molar-refractivity contribution in [3.05, 3.63) is 70.3 Å². The summed E-state index contributed by atoms with van der Waals surface area (Å²) in [4.78, 5) is 57.0. The van der Waals surface area contributed by atoms with E-state index in [-0.39, 0.29) is 27.8 Å². The summed E-state index contributed by atoms with van der Waals surface area (Å²) < 4.78 is 23.2. The van der Waals surface area contributed by atoms with Crippen LogP contribution in [0.15, 0.2) is 59.2 Å². The van der Waals surface area contributed by atoms with Gasteiger partial charge in [-0.05, 0) is 62.2 Å². The normalized spacial score (nSPS) is 12.8. The van der Waals surface area contributed by atoms with E-state index in [1.807, 2.05) is 23.6 Å². The summed E-state index contributed by atoms with van der Waals surface area (Å²) in [6.07, 6.45) is 4.64. The standard InChI is InChI=1S/C39H48Cl4N2O8/c1-4-6-20-50-35-23-28(8-10-32(35)44(16-12-40)17-13-41)38(48)52-25-30-31(37(47)27(3)22-34(30)46)26-53-39(49)29-9-11-33(45(18-14-42)19-15-43)36(24-29)51-21-7-5-2/h8-11,22-24H,4-7,12-21,25-26H2,1-3H3. The predicted molar refractivity (Wildman–Crippen MR) is 212 cm³/mol. The first-order valence-corrected chi connectivity index (χ1v) is 19.9. The third kappa shape index (κ3) is 12.8. The Labute approximate surface area is 332 Å². The molecule has 1 aliphatic rings. The number of nitrogens with zero attached hydrogens (tertiary/aromatic N) is 2. The Kier molecular flexibility index (Phi) is 19.4. The maximum absolute atomic E-state index is 13.3. The predicted octanol–water partition coefficient (Wildman–Crippen LogP) is 8.02. The van der Waals surface area contributed by atoms with Crippen LogP contribution in [0.2, 0.25) is 0 Å². The van der Waals surface area contributed by atoms with Gasteiger partial charge in [-0.1, -0.05) is 26.7 Å². The summed E-state index contributed by atoms with van der Waals surface area (Å²) in [6, 6.07) is 9.81. The number of anilines is 2. The molecule has 10 nitrogen and oxygen atoms in total. The van der Waals surface area contributed by atoms with Crippen molar-refractivity contribution in [3.8, 4) is 11.5 Å². The van der Waals surface area contributed by atoms with E-state index in [4.69, 9.17) is 65.4 Å². The first-order chi connectivity index (χ1) is 25.6. The largest absolute Gasteiger partial charge is 0.491 e. The summed E-state index contributed by atoms with van der Waals surface area (Å²) in [5.41, 5.74) is 1.86. The smallest absolute Gasteiger partial charge is 0.338 e. The van der Waals surface area contributed by atoms with Crippen LogP contribution in [-0.2, 0) is 19.1 Å². The number of allylic oxidation sites excluding steroid dienone is 2. The van der Waals surface area contributed by atoms with Crippen LogP contribution >= 0.6 is 46.4 Å². The van der Waals surface area contributed by atoms with Gasteiger partial charge in [-0.15, -0.1) is 46.4 Å². The molecule has 0 aliphatic heterocycles. The topological polar surface area (TPSA) is 112 Å². The minimum atomic E-state index is -0.735. The lowest BCUT2D eigenvalue weighted by atomic mass is 9.91. The second-order valence-electron chi connectivity index (χ2n) is 12.1. The highest BCUT2D eigenvalue weighted by Crippen LogP contribution is 2.32. The number of unbranched alkanes of at least 4 members (excludes halogenated alkanes) is 2. The van der Waals surface area contributed by atoms with Crippen LogP contribution in [0.4, 0.5) is 11.4 Å². The zero-order valence-corrected chi connectivity index (χ0v) is 33.6. The van der Waals surface area contributed by atoms with Gasteiger partial charge < -0.3 is 28.7 Å². The van der Waals surface area contributed by atoms with Crippen LogP contribution in [-0.4, -0.2) is 99.6 Å². The molecule has 0 amide bonds. The molecule has 0 fully saturated rings. The van der Waals surface area contributed by atoms with Gasteiger partial charge in [0, 0.05) is 66.4 Å². The second-order valence-corrected chi connectivity index (χ2v) is 13.6.